The van der Waals surface area contributed by atoms with Gasteiger partial charge >= 0.3 is 12.1 Å². The fourth-order valence-corrected chi connectivity index (χ4v) is 4.12. The molecule has 32 heavy (non-hydrogen) atoms. The van der Waals surface area contributed by atoms with Crippen LogP contribution in [0.3, 0.4) is 0 Å². The lowest BCUT2D eigenvalue weighted by Crippen LogP contribution is -2.51. The Bertz CT molecular complexity index is 863. The largest absolute Gasteiger partial charge is 0.490 e. The van der Waals surface area contributed by atoms with E-state index in [1.807, 2.05) is 12.1 Å². The molecular formula is C20H23F4N3O5. The summed E-state index contributed by atoms with van der Waals surface area (Å²) in [5.41, 5.74) is -2.38. The van der Waals surface area contributed by atoms with E-state index in [1.54, 1.807) is 12.3 Å². The van der Waals surface area contributed by atoms with Crippen molar-refractivity contribution in [3.63, 3.8) is 0 Å². The van der Waals surface area contributed by atoms with E-state index in [-0.39, 0.29) is 18.4 Å². The first kappa shape index (κ1) is 23.7. The Morgan fingerprint density at radius 1 is 1.28 bits per heavy atom. The minimum absolute atomic E-state index is 0.0565. The minimum Gasteiger partial charge on any atom is -0.477 e. The molecule has 1 aromatic rings. The van der Waals surface area contributed by atoms with E-state index >= 15 is 0 Å². The molecule has 1 saturated carbocycles. The zero-order valence-electron chi connectivity index (χ0n) is 17.0. The summed E-state index contributed by atoms with van der Waals surface area (Å²) in [7, 11) is 0. The quantitative estimate of drug-likeness (QED) is 0.664. The molecule has 0 radical (unpaired) electrons. The summed E-state index contributed by atoms with van der Waals surface area (Å²) in [6.07, 6.45) is -1.53. The van der Waals surface area contributed by atoms with E-state index in [4.69, 9.17) is 14.6 Å². The summed E-state index contributed by atoms with van der Waals surface area (Å²) in [5, 5.41) is 10.0. The first-order chi connectivity index (χ1) is 15.0. The van der Waals surface area contributed by atoms with Gasteiger partial charge in [-0.2, -0.15) is 13.2 Å². The Morgan fingerprint density at radius 3 is 2.50 bits per heavy atom. The average molecular weight is 461 g/mol. The maximum atomic E-state index is 14.5. The van der Waals surface area contributed by atoms with Crippen molar-refractivity contribution < 1.29 is 41.8 Å². The lowest BCUT2D eigenvalue weighted by molar-refractivity contribution is -0.192. The van der Waals surface area contributed by atoms with Gasteiger partial charge in [0.1, 0.15) is 0 Å². The second-order valence-electron chi connectivity index (χ2n) is 8.14. The number of aliphatic carboxylic acids is 1. The van der Waals surface area contributed by atoms with Gasteiger partial charge in [0.05, 0.1) is 12.0 Å². The van der Waals surface area contributed by atoms with Crippen molar-refractivity contribution in [1.82, 2.24) is 15.2 Å². The molecule has 1 spiro atoms. The lowest BCUT2D eigenvalue weighted by atomic mass is 9.77. The smallest absolute Gasteiger partial charge is 0.477 e. The third kappa shape index (κ3) is 4.78. The number of nitrogens with zero attached hydrogens (tertiary/aromatic N) is 2. The molecule has 0 aromatic carbocycles. The van der Waals surface area contributed by atoms with Gasteiger partial charge in [0.2, 0.25) is 11.8 Å². The first-order valence-electron chi connectivity index (χ1n) is 10.1. The predicted molar refractivity (Wildman–Crippen MR) is 101 cm³/mol. The molecule has 12 heteroatoms. The molecular weight excluding hydrogens is 438 g/mol. The van der Waals surface area contributed by atoms with Crippen LogP contribution in [0.2, 0.25) is 0 Å². The number of amides is 2. The Hall–Kier alpha value is -2.92. The van der Waals surface area contributed by atoms with Crippen LogP contribution in [-0.4, -0.2) is 70.9 Å². The molecule has 1 aromatic heterocycles. The van der Waals surface area contributed by atoms with Gasteiger partial charge in [-0.1, -0.05) is 6.07 Å². The van der Waals surface area contributed by atoms with Gasteiger partial charge in [-0.15, -0.1) is 0 Å². The maximum Gasteiger partial charge on any atom is 0.490 e. The van der Waals surface area contributed by atoms with Gasteiger partial charge in [0.15, 0.2) is 5.67 Å². The van der Waals surface area contributed by atoms with Crippen molar-refractivity contribution in [1.29, 1.82) is 0 Å². The maximum absolute atomic E-state index is 14.5. The van der Waals surface area contributed by atoms with E-state index in [2.05, 4.69) is 10.3 Å². The van der Waals surface area contributed by atoms with Crippen molar-refractivity contribution >= 4 is 17.8 Å². The fourth-order valence-electron chi connectivity index (χ4n) is 4.12. The molecule has 8 nitrogen and oxygen atoms in total. The zero-order valence-corrected chi connectivity index (χ0v) is 17.0. The SMILES string of the molecule is O=C(N1CC[C@]2(C1)C(=O)NC[C@@H]2COc1ccccn1)C1(F)CCC1.O=C(O)C(F)(F)F. The molecule has 1 aliphatic carbocycles. The average Bonchev–Trinajstić information content (AvgIpc) is 3.30. The Labute approximate surface area is 180 Å². The number of aromatic nitrogens is 1. The van der Waals surface area contributed by atoms with Crippen LogP contribution in [0.4, 0.5) is 17.6 Å². The van der Waals surface area contributed by atoms with Crippen LogP contribution >= 0.6 is 0 Å². The number of halogens is 4. The molecule has 2 N–H and O–H groups in total. The highest BCUT2D eigenvalue weighted by atomic mass is 19.4. The number of carboxylic acid groups (broad SMARTS) is 1. The first-order valence-corrected chi connectivity index (χ1v) is 10.1. The number of likely N-dealkylation sites (tertiary alicyclic amines) is 1. The van der Waals surface area contributed by atoms with Crippen molar-refractivity contribution in [2.75, 3.05) is 26.2 Å². The number of pyridine rings is 1. The molecule has 2 aliphatic heterocycles. The van der Waals surface area contributed by atoms with Gasteiger partial charge in [-0.05, 0) is 31.7 Å². The van der Waals surface area contributed by atoms with E-state index in [1.165, 1.54) is 4.90 Å². The normalized spacial score (nSPS) is 26.1. The highest BCUT2D eigenvalue weighted by molar-refractivity contribution is 5.90. The summed E-state index contributed by atoms with van der Waals surface area (Å²) in [4.78, 5) is 39.5. The molecule has 0 bridgehead atoms. The molecule has 2 atom stereocenters. The number of carbonyl (C=O) groups excluding carboxylic acids is 2. The van der Waals surface area contributed by atoms with Crippen molar-refractivity contribution in [2.45, 2.75) is 37.5 Å². The molecule has 3 fully saturated rings. The van der Waals surface area contributed by atoms with Crippen LogP contribution in [0.25, 0.3) is 0 Å². The highest BCUT2D eigenvalue weighted by Crippen LogP contribution is 2.45. The Morgan fingerprint density at radius 2 is 1.97 bits per heavy atom. The number of hydrogen-bond acceptors (Lipinski definition) is 5. The number of alkyl halides is 4. The second kappa shape index (κ2) is 8.91. The van der Waals surface area contributed by atoms with Gasteiger partial charge in [-0.3, -0.25) is 9.59 Å². The van der Waals surface area contributed by atoms with Crippen LogP contribution < -0.4 is 10.1 Å². The topological polar surface area (TPSA) is 109 Å². The van der Waals surface area contributed by atoms with Crippen LogP contribution in [0.1, 0.15) is 25.7 Å². The van der Waals surface area contributed by atoms with Gasteiger partial charge in [-0.25, -0.2) is 14.2 Å². The van der Waals surface area contributed by atoms with Gasteiger partial charge < -0.3 is 20.1 Å². The van der Waals surface area contributed by atoms with Gasteiger partial charge in [0, 0.05) is 37.8 Å². The standard InChI is InChI=1S/C18H22FN3O3.C2HF3O2/c19-18(5-3-6-18)16(24)22-9-7-17(12-22)13(10-21-15(17)23)11-25-14-4-1-2-8-20-14;3-2(4,5)1(6)7/h1-2,4,8,13H,3,5-7,9-12H2,(H,21,23);(H,6,7)/t13-,17-;/m1./s1. The number of rotatable bonds is 4. The summed E-state index contributed by atoms with van der Waals surface area (Å²) in [6, 6.07) is 5.42. The number of nitrogens with one attached hydrogen (secondary N) is 1. The predicted octanol–water partition coefficient (Wildman–Crippen LogP) is 1.95. The zero-order chi connectivity index (χ0) is 23.6. The van der Waals surface area contributed by atoms with Crippen LogP contribution in [0.5, 0.6) is 5.88 Å². The third-order valence-electron chi connectivity index (χ3n) is 6.17. The van der Waals surface area contributed by atoms with E-state index in [0.29, 0.717) is 44.8 Å². The number of hydrogen-bond donors (Lipinski definition) is 2. The van der Waals surface area contributed by atoms with Crippen molar-refractivity contribution in [3.05, 3.63) is 24.4 Å². The van der Waals surface area contributed by atoms with Crippen molar-refractivity contribution in [3.8, 4) is 5.88 Å². The summed E-state index contributed by atoms with van der Waals surface area (Å²) >= 11 is 0. The molecule has 3 aliphatic rings. The lowest BCUT2D eigenvalue weighted by Gasteiger charge is -2.36. The summed E-state index contributed by atoms with van der Waals surface area (Å²) in [6.45, 7) is 1.56. The van der Waals surface area contributed by atoms with E-state index < -0.39 is 29.1 Å². The number of carboxylic acids is 1. The molecule has 4 rings (SSSR count). The Kier molecular flexibility index (Phi) is 6.61. The number of carbonyl (C=O) groups is 3. The van der Waals surface area contributed by atoms with E-state index in [9.17, 15) is 27.2 Å². The molecule has 2 saturated heterocycles. The molecule has 3 heterocycles. The van der Waals surface area contributed by atoms with Crippen LogP contribution in [-0.2, 0) is 14.4 Å². The summed E-state index contributed by atoms with van der Waals surface area (Å²) < 4.78 is 51.9. The molecule has 0 unspecified atom stereocenters. The minimum atomic E-state index is -5.08. The second-order valence-corrected chi connectivity index (χ2v) is 8.14. The fraction of sp³-hybridized carbons (Fsp3) is 0.600. The third-order valence-corrected chi connectivity index (χ3v) is 6.17. The van der Waals surface area contributed by atoms with Crippen molar-refractivity contribution in [2.24, 2.45) is 11.3 Å². The van der Waals surface area contributed by atoms with E-state index in [0.717, 1.165) is 6.42 Å². The number of ether oxygens (including phenoxy) is 1. The van der Waals surface area contributed by atoms with Crippen LogP contribution in [0, 0.1) is 11.3 Å². The molecule has 2 amide bonds. The monoisotopic (exact) mass is 461 g/mol. The van der Waals surface area contributed by atoms with Gasteiger partial charge in [0.25, 0.3) is 5.91 Å². The highest BCUT2D eigenvalue weighted by Gasteiger charge is 2.57. The van der Waals surface area contributed by atoms with Crippen LogP contribution in [0.15, 0.2) is 24.4 Å². The molecule has 176 valence electrons. The Balaban J connectivity index is 0.000000360. The summed E-state index contributed by atoms with van der Waals surface area (Å²) in [5.74, 6) is -2.80.